The van der Waals surface area contributed by atoms with Crippen molar-refractivity contribution in [2.45, 2.75) is 13.8 Å². The lowest BCUT2D eigenvalue weighted by molar-refractivity contribution is 1.11. The molecule has 0 amide bonds. The second-order valence-electron chi connectivity index (χ2n) is 2.37. The molecule has 4 heteroatoms. The van der Waals surface area contributed by atoms with E-state index in [1.807, 2.05) is 6.92 Å². The molecule has 1 rings (SSSR count). The number of nitrogens with one attached hydrogen (secondary N) is 1. The molecule has 1 aromatic heterocycles. The fourth-order valence-corrected chi connectivity index (χ4v) is 0.785. The summed E-state index contributed by atoms with van der Waals surface area (Å²) in [5, 5.41) is 7.26. The van der Waals surface area contributed by atoms with Crippen LogP contribution in [0.25, 0.3) is 0 Å². The van der Waals surface area contributed by atoms with Gasteiger partial charge in [-0.15, -0.1) is 0 Å². The van der Waals surface area contributed by atoms with Crippen molar-refractivity contribution >= 4 is 11.5 Å². The third-order valence-electron chi connectivity index (χ3n) is 1.28. The minimum atomic E-state index is 0.331. The van der Waals surface area contributed by atoms with Crippen LogP contribution in [0.5, 0.6) is 0 Å². The van der Waals surface area contributed by atoms with E-state index in [0.29, 0.717) is 17.2 Å². The number of hydrogen-bond acceptors (Lipinski definition) is 4. The third-order valence-corrected chi connectivity index (χ3v) is 1.28. The van der Waals surface area contributed by atoms with Crippen molar-refractivity contribution in [3.63, 3.8) is 0 Å². The van der Waals surface area contributed by atoms with Gasteiger partial charge in [-0.05, 0) is 13.8 Å². The zero-order valence-corrected chi connectivity index (χ0v) is 6.55. The summed E-state index contributed by atoms with van der Waals surface area (Å²) in [4.78, 5) is 7.93. The number of nitrogens with two attached hydrogens (primary N) is 1. The molecule has 1 heterocycles. The number of nitrogen functional groups attached to an aromatic ring is 1. The van der Waals surface area contributed by atoms with Crippen LogP contribution < -0.4 is 5.73 Å². The van der Waals surface area contributed by atoms with Crippen molar-refractivity contribution in [1.82, 2.24) is 9.97 Å². The second-order valence-corrected chi connectivity index (χ2v) is 2.37. The Morgan fingerprint density at radius 3 is 2.73 bits per heavy atom. The number of anilines is 1. The minimum absolute atomic E-state index is 0.331. The number of nitrogens with zero attached hydrogens (tertiary/aromatic N) is 2. The van der Waals surface area contributed by atoms with Crippen LogP contribution in [0.4, 0.5) is 5.82 Å². The lowest BCUT2D eigenvalue weighted by atomic mass is 10.3. The van der Waals surface area contributed by atoms with Crippen LogP contribution in [0.3, 0.4) is 0 Å². The predicted octanol–water partition coefficient (Wildman–Crippen LogP) is 0.755. The molecule has 0 aromatic carbocycles. The minimum Gasteiger partial charge on any atom is -0.382 e. The van der Waals surface area contributed by atoms with Gasteiger partial charge in [0.2, 0.25) is 0 Å². The van der Waals surface area contributed by atoms with Crippen molar-refractivity contribution in [1.29, 1.82) is 5.41 Å². The van der Waals surface area contributed by atoms with Gasteiger partial charge in [-0.1, -0.05) is 0 Å². The molecule has 58 valence electrons. The van der Waals surface area contributed by atoms with Crippen LogP contribution in [0.2, 0.25) is 0 Å². The quantitative estimate of drug-likeness (QED) is 0.580. The number of rotatable bonds is 1. The standard InChI is InChI=1S/C7H10N4/c1-4-3-10-6(5(2)8)7(9)11-4/h3,8H,1-2H3,(H2,9,11). The summed E-state index contributed by atoms with van der Waals surface area (Å²) in [6, 6.07) is 0. The summed E-state index contributed by atoms with van der Waals surface area (Å²) >= 11 is 0. The van der Waals surface area contributed by atoms with Gasteiger partial charge >= 0.3 is 0 Å². The average Bonchev–Trinajstić information content (AvgIpc) is 1.85. The van der Waals surface area contributed by atoms with Crippen molar-refractivity contribution in [3.8, 4) is 0 Å². The van der Waals surface area contributed by atoms with Crippen LogP contribution in [0.15, 0.2) is 6.20 Å². The normalized spacial score (nSPS) is 9.64. The average molecular weight is 150 g/mol. The molecular weight excluding hydrogens is 140 g/mol. The topological polar surface area (TPSA) is 75.7 Å². The van der Waals surface area contributed by atoms with E-state index in [9.17, 15) is 0 Å². The van der Waals surface area contributed by atoms with Gasteiger partial charge in [0, 0.05) is 6.20 Å². The highest BCUT2D eigenvalue weighted by Gasteiger charge is 2.03. The highest BCUT2D eigenvalue weighted by Crippen LogP contribution is 2.05. The third kappa shape index (κ3) is 1.52. The van der Waals surface area contributed by atoms with Crippen molar-refractivity contribution < 1.29 is 0 Å². The van der Waals surface area contributed by atoms with E-state index < -0.39 is 0 Å². The Morgan fingerprint density at radius 1 is 1.64 bits per heavy atom. The van der Waals surface area contributed by atoms with E-state index in [2.05, 4.69) is 9.97 Å². The summed E-state index contributed by atoms with van der Waals surface area (Å²) in [5.41, 5.74) is 7.09. The molecule has 11 heavy (non-hydrogen) atoms. The summed E-state index contributed by atoms with van der Waals surface area (Å²) in [6.07, 6.45) is 1.60. The monoisotopic (exact) mass is 150 g/mol. The van der Waals surface area contributed by atoms with Gasteiger partial charge in [-0.25, -0.2) is 9.97 Å². The van der Waals surface area contributed by atoms with Gasteiger partial charge in [0.25, 0.3) is 0 Å². The molecule has 0 aliphatic rings. The maximum Gasteiger partial charge on any atom is 0.151 e. The maximum atomic E-state index is 7.26. The molecule has 0 saturated heterocycles. The fourth-order valence-electron chi connectivity index (χ4n) is 0.785. The van der Waals surface area contributed by atoms with Crippen molar-refractivity contribution in [2.24, 2.45) is 0 Å². The molecule has 0 spiro atoms. The fraction of sp³-hybridized carbons (Fsp3) is 0.286. The highest BCUT2D eigenvalue weighted by molar-refractivity contribution is 5.98. The summed E-state index contributed by atoms with van der Waals surface area (Å²) < 4.78 is 0. The first kappa shape index (κ1) is 7.65. The first-order valence-electron chi connectivity index (χ1n) is 3.26. The zero-order valence-electron chi connectivity index (χ0n) is 6.55. The van der Waals surface area contributed by atoms with Gasteiger partial charge < -0.3 is 11.1 Å². The Kier molecular flexibility index (Phi) is 1.85. The molecule has 0 saturated carbocycles. The molecule has 0 unspecified atom stereocenters. The van der Waals surface area contributed by atoms with Crippen LogP contribution in [-0.2, 0) is 0 Å². The van der Waals surface area contributed by atoms with Crippen molar-refractivity contribution in [2.75, 3.05) is 5.73 Å². The summed E-state index contributed by atoms with van der Waals surface area (Å²) in [6.45, 7) is 3.45. The Balaban J connectivity index is 3.20. The van der Waals surface area contributed by atoms with E-state index in [1.165, 1.54) is 0 Å². The lowest BCUT2D eigenvalue weighted by Gasteiger charge is -2.00. The van der Waals surface area contributed by atoms with Gasteiger partial charge in [0.1, 0.15) is 5.69 Å². The Bertz CT molecular complexity index is 292. The number of hydrogen-bond donors (Lipinski definition) is 2. The molecule has 1 aromatic rings. The molecule has 4 nitrogen and oxygen atoms in total. The van der Waals surface area contributed by atoms with Crippen LogP contribution in [0.1, 0.15) is 18.3 Å². The molecule has 0 aliphatic carbocycles. The molecule has 0 radical (unpaired) electrons. The molecule has 0 atom stereocenters. The highest BCUT2D eigenvalue weighted by atomic mass is 14.9. The molecule has 3 N–H and O–H groups in total. The van der Waals surface area contributed by atoms with Crippen LogP contribution in [-0.4, -0.2) is 15.7 Å². The first-order valence-corrected chi connectivity index (χ1v) is 3.26. The SMILES string of the molecule is CC(=N)c1ncc(C)nc1N. The molecular formula is C7H10N4. The van der Waals surface area contributed by atoms with E-state index in [1.54, 1.807) is 13.1 Å². The summed E-state index contributed by atoms with van der Waals surface area (Å²) in [5.74, 6) is 0.331. The van der Waals surface area contributed by atoms with Gasteiger partial charge in [-0.2, -0.15) is 0 Å². The van der Waals surface area contributed by atoms with Crippen LogP contribution >= 0.6 is 0 Å². The van der Waals surface area contributed by atoms with Crippen LogP contribution in [0, 0.1) is 12.3 Å². The largest absolute Gasteiger partial charge is 0.382 e. The Morgan fingerprint density at radius 2 is 2.27 bits per heavy atom. The van der Waals surface area contributed by atoms with E-state index in [4.69, 9.17) is 11.1 Å². The lowest BCUT2D eigenvalue weighted by Crippen LogP contribution is -2.05. The maximum absolute atomic E-state index is 7.26. The zero-order chi connectivity index (χ0) is 8.43. The Hall–Kier alpha value is -1.45. The van der Waals surface area contributed by atoms with Gasteiger partial charge in [0.05, 0.1) is 11.4 Å². The van der Waals surface area contributed by atoms with Gasteiger partial charge in [-0.3, -0.25) is 0 Å². The number of aryl methyl sites for hydroxylation is 1. The smallest absolute Gasteiger partial charge is 0.151 e. The Labute approximate surface area is 65.0 Å². The number of aromatic nitrogens is 2. The summed E-state index contributed by atoms with van der Waals surface area (Å²) in [7, 11) is 0. The molecule has 0 fully saturated rings. The van der Waals surface area contributed by atoms with E-state index >= 15 is 0 Å². The first-order chi connectivity index (χ1) is 5.11. The van der Waals surface area contributed by atoms with Crippen molar-refractivity contribution in [3.05, 3.63) is 17.6 Å². The molecule has 0 bridgehead atoms. The molecule has 0 aliphatic heterocycles. The predicted molar refractivity (Wildman–Crippen MR) is 43.7 cm³/mol. The van der Waals surface area contributed by atoms with E-state index in [-0.39, 0.29) is 0 Å². The second kappa shape index (κ2) is 2.65. The van der Waals surface area contributed by atoms with Gasteiger partial charge in [0.15, 0.2) is 5.82 Å². The van der Waals surface area contributed by atoms with E-state index in [0.717, 1.165) is 5.69 Å².